The SMILES string of the molecule is COc1ccc(C(=O)Nc2ccccc2C(=O)NCc2ccccc2)cc1C. The van der Waals surface area contributed by atoms with Crippen molar-refractivity contribution in [2.24, 2.45) is 0 Å². The van der Waals surface area contributed by atoms with Gasteiger partial charge in [0.1, 0.15) is 5.75 Å². The number of methoxy groups -OCH3 is 1. The number of hydrogen-bond acceptors (Lipinski definition) is 3. The monoisotopic (exact) mass is 374 g/mol. The van der Waals surface area contributed by atoms with Crippen molar-refractivity contribution in [3.8, 4) is 5.75 Å². The van der Waals surface area contributed by atoms with Gasteiger partial charge in [-0.3, -0.25) is 9.59 Å². The van der Waals surface area contributed by atoms with Gasteiger partial charge >= 0.3 is 0 Å². The Labute approximate surface area is 164 Å². The van der Waals surface area contributed by atoms with E-state index >= 15 is 0 Å². The summed E-state index contributed by atoms with van der Waals surface area (Å²) in [5.41, 5.74) is 3.25. The van der Waals surface area contributed by atoms with Crippen LogP contribution in [0.2, 0.25) is 0 Å². The highest BCUT2D eigenvalue weighted by molar-refractivity contribution is 6.09. The van der Waals surface area contributed by atoms with Crippen LogP contribution in [0.3, 0.4) is 0 Å². The number of hydrogen-bond donors (Lipinski definition) is 2. The summed E-state index contributed by atoms with van der Waals surface area (Å²) in [7, 11) is 1.59. The van der Waals surface area contributed by atoms with E-state index in [-0.39, 0.29) is 11.8 Å². The number of benzene rings is 3. The predicted octanol–water partition coefficient (Wildman–Crippen LogP) is 4.19. The number of carbonyl (C=O) groups excluding carboxylic acids is 2. The molecule has 0 aliphatic rings. The Morgan fingerprint density at radius 2 is 1.61 bits per heavy atom. The quantitative estimate of drug-likeness (QED) is 0.680. The van der Waals surface area contributed by atoms with Crippen LogP contribution in [0.25, 0.3) is 0 Å². The average Bonchev–Trinajstić information content (AvgIpc) is 2.73. The highest BCUT2D eigenvalue weighted by atomic mass is 16.5. The fraction of sp³-hybridized carbons (Fsp3) is 0.130. The number of rotatable bonds is 6. The fourth-order valence-electron chi connectivity index (χ4n) is 2.88. The second-order valence-electron chi connectivity index (χ2n) is 6.35. The molecule has 5 nitrogen and oxygen atoms in total. The number of nitrogens with one attached hydrogen (secondary N) is 2. The molecule has 0 aliphatic heterocycles. The molecule has 3 aromatic carbocycles. The van der Waals surface area contributed by atoms with Gasteiger partial charge in [-0.1, -0.05) is 42.5 Å². The van der Waals surface area contributed by atoms with Crippen LogP contribution in [0, 0.1) is 6.92 Å². The molecule has 3 rings (SSSR count). The van der Waals surface area contributed by atoms with E-state index in [9.17, 15) is 9.59 Å². The van der Waals surface area contributed by atoms with Crippen molar-refractivity contribution in [2.45, 2.75) is 13.5 Å². The lowest BCUT2D eigenvalue weighted by molar-refractivity contribution is 0.0952. The van der Waals surface area contributed by atoms with Crippen LogP contribution in [-0.2, 0) is 6.54 Å². The molecule has 0 aliphatic carbocycles. The number of carbonyl (C=O) groups is 2. The molecular formula is C23H22N2O3. The Kier molecular flexibility index (Phi) is 6.07. The Morgan fingerprint density at radius 3 is 2.32 bits per heavy atom. The van der Waals surface area contributed by atoms with Crippen molar-refractivity contribution in [3.63, 3.8) is 0 Å². The van der Waals surface area contributed by atoms with E-state index in [2.05, 4.69) is 10.6 Å². The summed E-state index contributed by atoms with van der Waals surface area (Å²) < 4.78 is 5.23. The zero-order valence-corrected chi connectivity index (χ0v) is 15.9. The molecule has 0 unspecified atom stereocenters. The van der Waals surface area contributed by atoms with E-state index in [1.807, 2.05) is 37.3 Å². The van der Waals surface area contributed by atoms with Crippen molar-refractivity contribution in [1.82, 2.24) is 5.32 Å². The topological polar surface area (TPSA) is 67.4 Å². The van der Waals surface area contributed by atoms with Gasteiger partial charge in [0, 0.05) is 12.1 Å². The summed E-state index contributed by atoms with van der Waals surface area (Å²) in [5, 5.41) is 5.72. The van der Waals surface area contributed by atoms with Crippen LogP contribution in [-0.4, -0.2) is 18.9 Å². The third kappa shape index (κ3) is 4.57. The van der Waals surface area contributed by atoms with E-state index in [1.54, 1.807) is 49.6 Å². The Balaban J connectivity index is 1.73. The molecule has 0 bridgehead atoms. The zero-order chi connectivity index (χ0) is 19.9. The standard InChI is InChI=1S/C23H22N2O3/c1-16-14-18(12-13-21(16)28-2)22(26)25-20-11-7-6-10-19(20)23(27)24-15-17-8-4-3-5-9-17/h3-14H,15H2,1-2H3,(H,24,27)(H,25,26). The minimum atomic E-state index is -0.283. The Hall–Kier alpha value is -3.60. The van der Waals surface area contributed by atoms with Crippen molar-refractivity contribution < 1.29 is 14.3 Å². The zero-order valence-electron chi connectivity index (χ0n) is 15.9. The smallest absolute Gasteiger partial charge is 0.255 e. The summed E-state index contributed by atoms with van der Waals surface area (Å²) in [4.78, 5) is 25.3. The molecule has 0 saturated carbocycles. The highest BCUT2D eigenvalue weighted by Gasteiger charge is 2.14. The number of aryl methyl sites for hydroxylation is 1. The van der Waals surface area contributed by atoms with E-state index in [4.69, 9.17) is 4.74 Å². The Bertz CT molecular complexity index is 984. The minimum Gasteiger partial charge on any atom is -0.496 e. The van der Waals surface area contributed by atoms with Gasteiger partial charge in [-0.2, -0.15) is 0 Å². The molecule has 0 atom stereocenters. The molecule has 0 aromatic heterocycles. The van der Waals surface area contributed by atoms with Gasteiger partial charge in [0.05, 0.1) is 18.4 Å². The average molecular weight is 374 g/mol. The van der Waals surface area contributed by atoms with Crippen LogP contribution in [0.5, 0.6) is 5.75 Å². The van der Waals surface area contributed by atoms with Crippen LogP contribution in [0.1, 0.15) is 31.8 Å². The van der Waals surface area contributed by atoms with E-state index < -0.39 is 0 Å². The lowest BCUT2D eigenvalue weighted by Crippen LogP contribution is -2.24. The fourth-order valence-corrected chi connectivity index (χ4v) is 2.88. The van der Waals surface area contributed by atoms with Gasteiger partial charge in [0.2, 0.25) is 0 Å². The molecule has 3 aromatic rings. The molecule has 5 heteroatoms. The highest BCUT2D eigenvalue weighted by Crippen LogP contribution is 2.21. The third-order valence-corrected chi connectivity index (χ3v) is 4.37. The molecule has 0 heterocycles. The maximum Gasteiger partial charge on any atom is 0.255 e. The normalized spacial score (nSPS) is 10.2. The summed E-state index contributed by atoms with van der Waals surface area (Å²) in [6.07, 6.45) is 0. The summed E-state index contributed by atoms with van der Waals surface area (Å²) in [6, 6.07) is 21.8. The van der Waals surface area contributed by atoms with Crippen LogP contribution < -0.4 is 15.4 Å². The van der Waals surface area contributed by atoms with Gasteiger partial charge < -0.3 is 15.4 Å². The first-order chi connectivity index (χ1) is 13.6. The summed E-state index contributed by atoms with van der Waals surface area (Å²) in [6.45, 7) is 2.29. The van der Waals surface area contributed by atoms with Gasteiger partial charge in [-0.15, -0.1) is 0 Å². The minimum absolute atomic E-state index is 0.245. The summed E-state index contributed by atoms with van der Waals surface area (Å²) in [5.74, 6) is 0.192. The largest absolute Gasteiger partial charge is 0.496 e. The van der Waals surface area contributed by atoms with E-state index in [1.165, 1.54) is 0 Å². The predicted molar refractivity (Wildman–Crippen MR) is 110 cm³/mol. The molecule has 28 heavy (non-hydrogen) atoms. The molecule has 0 saturated heterocycles. The maximum atomic E-state index is 12.6. The molecule has 2 N–H and O–H groups in total. The molecular weight excluding hydrogens is 352 g/mol. The molecule has 0 spiro atoms. The van der Waals surface area contributed by atoms with Crippen molar-refractivity contribution in [1.29, 1.82) is 0 Å². The van der Waals surface area contributed by atoms with Crippen LogP contribution in [0.15, 0.2) is 72.8 Å². The maximum absolute atomic E-state index is 12.6. The van der Waals surface area contributed by atoms with E-state index in [0.29, 0.717) is 23.4 Å². The number of anilines is 1. The lowest BCUT2D eigenvalue weighted by atomic mass is 10.1. The van der Waals surface area contributed by atoms with E-state index in [0.717, 1.165) is 16.9 Å². The van der Waals surface area contributed by atoms with Gasteiger partial charge in [-0.05, 0) is 48.4 Å². The Morgan fingerprint density at radius 1 is 0.893 bits per heavy atom. The van der Waals surface area contributed by atoms with Crippen LogP contribution in [0.4, 0.5) is 5.69 Å². The lowest BCUT2D eigenvalue weighted by Gasteiger charge is -2.12. The molecule has 0 radical (unpaired) electrons. The van der Waals surface area contributed by atoms with Gasteiger partial charge in [0.15, 0.2) is 0 Å². The second kappa shape index (κ2) is 8.86. The van der Waals surface area contributed by atoms with Crippen molar-refractivity contribution >= 4 is 17.5 Å². The third-order valence-electron chi connectivity index (χ3n) is 4.37. The number of amides is 2. The first-order valence-electron chi connectivity index (χ1n) is 8.95. The van der Waals surface area contributed by atoms with Gasteiger partial charge in [-0.25, -0.2) is 0 Å². The molecule has 2 amide bonds. The first kappa shape index (κ1) is 19.2. The number of ether oxygens (including phenoxy) is 1. The molecule has 142 valence electrons. The number of para-hydroxylation sites is 1. The van der Waals surface area contributed by atoms with Crippen molar-refractivity contribution in [3.05, 3.63) is 95.1 Å². The summed E-state index contributed by atoms with van der Waals surface area (Å²) >= 11 is 0. The second-order valence-corrected chi connectivity index (χ2v) is 6.35. The van der Waals surface area contributed by atoms with Gasteiger partial charge in [0.25, 0.3) is 11.8 Å². The molecule has 0 fully saturated rings. The van der Waals surface area contributed by atoms with Crippen LogP contribution >= 0.6 is 0 Å². The first-order valence-corrected chi connectivity index (χ1v) is 8.95. The van der Waals surface area contributed by atoms with Crippen molar-refractivity contribution in [2.75, 3.05) is 12.4 Å².